The molecule has 1 rings (SSSR count). The monoisotopic (exact) mass is 277 g/mol. The van der Waals surface area contributed by atoms with Gasteiger partial charge >= 0.3 is 0 Å². The Morgan fingerprint density at radius 1 is 1.53 bits per heavy atom. The fourth-order valence-electron chi connectivity index (χ4n) is 0.889. The van der Waals surface area contributed by atoms with Gasteiger partial charge in [0.2, 0.25) is 0 Å². The van der Waals surface area contributed by atoms with Gasteiger partial charge in [0.05, 0.1) is 10.2 Å². The zero-order valence-electron chi connectivity index (χ0n) is 7.40. The molecule has 15 heavy (non-hydrogen) atoms. The summed E-state index contributed by atoms with van der Waals surface area (Å²) in [5, 5.41) is 3.36. The first-order valence-corrected chi connectivity index (χ1v) is 4.69. The maximum absolute atomic E-state index is 11.9. The first-order chi connectivity index (χ1) is 7.15. The quantitative estimate of drug-likeness (QED) is 0.466. The summed E-state index contributed by atoms with van der Waals surface area (Å²) in [5.41, 5.74) is 8.53. The van der Waals surface area contributed by atoms with Crippen molar-refractivity contribution in [1.82, 2.24) is 0 Å². The Bertz CT molecular complexity index is 393. The van der Waals surface area contributed by atoms with Crippen LogP contribution in [0.5, 0.6) is 5.75 Å². The summed E-state index contributed by atoms with van der Waals surface area (Å²) >= 11 is 3.10. The van der Waals surface area contributed by atoms with E-state index in [4.69, 9.17) is 10.3 Å². The second kappa shape index (κ2) is 5.53. The Morgan fingerprint density at radius 2 is 2.27 bits per heavy atom. The highest BCUT2D eigenvalue weighted by molar-refractivity contribution is 9.10. The van der Waals surface area contributed by atoms with Gasteiger partial charge in [-0.25, -0.2) is 8.78 Å². The summed E-state index contributed by atoms with van der Waals surface area (Å²) in [6.45, 7) is -0.696. The van der Waals surface area contributed by atoms with Crippen molar-refractivity contribution in [1.29, 1.82) is 0 Å². The van der Waals surface area contributed by atoms with E-state index < -0.39 is 13.0 Å². The number of benzene rings is 1. The van der Waals surface area contributed by atoms with Crippen LogP contribution >= 0.6 is 15.9 Å². The standard InChI is InChI=1S/C8H6BrF2N3O/c9-8-5(13-14-12)2-1-3-6(8)15-4-7(10)11/h1-3,7H,4H2. The molecule has 0 fully saturated rings. The molecular weight excluding hydrogens is 272 g/mol. The average Bonchev–Trinajstić information content (AvgIpc) is 2.19. The fraction of sp³-hybridized carbons (Fsp3) is 0.250. The third kappa shape index (κ3) is 3.38. The number of ether oxygens (including phenoxy) is 1. The van der Waals surface area contributed by atoms with Gasteiger partial charge in [-0.15, -0.1) is 0 Å². The SMILES string of the molecule is [N-]=[N+]=Nc1cccc(OCC(F)F)c1Br. The van der Waals surface area contributed by atoms with Crippen LogP contribution in [-0.4, -0.2) is 13.0 Å². The summed E-state index contributed by atoms with van der Waals surface area (Å²) in [6, 6.07) is 4.59. The summed E-state index contributed by atoms with van der Waals surface area (Å²) in [7, 11) is 0. The maximum Gasteiger partial charge on any atom is 0.272 e. The van der Waals surface area contributed by atoms with Gasteiger partial charge < -0.3 is 4.74 Å². The summed E-state index contributed by atoms with van der Waals surface area (Å²) in [6.07, 6.45) is -2.54. The molecule has 80 valence electrons. The van der Waals surface area contributed by atoms with Crippen LogP contribution in [0.25, 0.3) is 10.4 Å². The van der Waals surface area contributed by atoms with Gasteiger partial charge in [-0.05, 0) is 27.5 Å². The van der Waals surface area contributed by atoms with Crippen LogP contribution in [0.4, 0.5) is 14.5 Å². The number of halogens is 3. The van der Waals surface area contributed by atoms with Crippen molar-refractivity contribution in [2.24, 2.45) is 5.11 Å². The van der Waals surface area contributed by atoms with E-state index in [-0.39, 0.29) is 5.75 Å². The van der Waals surface area contributed by atoms with Crippen molar-refractivity contribution in [3.05, 3.63) is 33.1 Å². The van der Waals surface area contributed by atoms with E-state index in [2.05, 4.69) is 26.0 Å². The van der Waals surface area contributed by atoms with Crippen LogP contribution in [0.1, 0.15) is 0 Å². The van der Waals surface area contributed by atoms with E-state index >= 15 is 0 Å². The Hall–Kier alpha value is -1.33. The highest BCUT2D eigenvalue weighted by Gasteiger charge is 2.08. The Labute approximate surface area is 92.6 Å². The first kappa shape index (κ1) is 11.7. The van der Waals surface area contributed by atoms with E-state index in [1.807, 2.05) is 0 Å². The van der Waals surface area contributed by atoms with Gasteiger partial charge in [0.15, 0.2) is 0 Å². The number of rotatable bonds is 4. The second-order valence-electron chi connectivity index (χ2n) is 2.48. The van der Waals surface area contributed by atoms with Crippen molar-refractivity contribution in [2.45, 2.75) is 6.43 Å². The largest absolute Gasteiger partial charge is 0.486 e. The molecule has 0 saturated carbocycles. The second-order valence-corrected chi connectivity index (χ2v) is 3.27. The van der Waals surface area contributed by atoms with E-state index in [1.165, 1.54) is 6.07 Å². The van der Waals surface area contributed by atoms with Gasteiger partial charge in [0.25, 0.3) is 6.43 Å². The predicted octanol–water partition coefficient (Wildman–Crippen LogP) is 4.03. The average molecular weight is 278 g/mol. The molecule has 0 aliphatic rings. The minimum absolute atomic E-state index is 0.222. The fourth-order valence-corrected chi connectivity index (χ4v) is 1.35. The van der Waals surface area contributed by atoms with Crippen molar-refractivity contribution in [3.8, 4) is 5.75 Å². The van der Waals surface area contributed by atoms with Crippen LogP contribution in [0.15, 0.2) is 27.8 Å². The summed E-state index contributed by atoms with van der Waals surface area (Å²) < 4.78 is 28.9. The minimum Gasteiger partial charge on any atom is -0.486 e. The number of azide groups is 1. The summed E-state index contributed by atoms with van der Waals surface area (Å²) in [5.74, 6) is 0.222. The van der Waals surface area contributed by atoms with Crippen molar-refractivity contribution < 1.29 is 13.5 Å². The zero-order chi connectivity index (χ0) is 11.3. The Morgan fingerprint density at radius 3 is 2.87 bits per heavy atom. The van der Waals surface area contributed by atoms with Crippen molar-refractivity contribution >= 4 is 21.6 Å². The van der Waals surface area contributed by atoms with E-state index in [1.54, 1.807) is 12.1 Å². The van der Waals surface area contributed by atoms with E-state index in [0.717, 1.165) is 0 Å². The third-order valence-corrected chi connectivity index (χ3v) is 2.26. The minimum atomic E-state index is -2.54. The number of hydrogen-bond donors (Lipinski definition) is 0. The van der Waals surface area contributed by atoms with Gasteiger partial charge in [0.1, 0.15) is 12.4 Å². The van der Waals surface area contributed by atoms with Crippen LogP contribution in [0.3, 0.4) is 0 Å². The molecule has 0 saturated heterocycles. The van der Waals surface area contributed by atoms with Crippen molar-refractivity contribution in [2.75, 3.05) is 6.61 Å². The molecule has 7 heteroatoms. The zero-order valence-corrected chi connectivity index (χ0v) is 8.99. The van der Waals surface area contributed by atoms with Crippen LogP contribution in [0, 0.1) is 0 Å². The van der Waals surface area contributed by atoms with Gasteiger partial charge in [0, 0.05) is 4.91 Å². The van der Waals surface area contributed by atoms with Gasteiger partial charge in [-0.3, -0.25) is 0 Å². The molecule has 1 aromatic carbocycles. The molecular formula is C8H6BrF2N3O. The molecule has 0 aromatic heterocycles. The lowest BCUT2D eigenvalue weighted by atomic mass is 10.3. The lowest BCUT2D eigenvalue weighted by molar-refractivity contribution is 0.0815. The Kier molecular flexibility index (Phi) is 4.33. The molecule has 0 atom stereocenters. The van der Waals surface area contributed by atoms with Crippen LogP contribution in [0.2, 0.25) is 0 Å². The molecule has 0 aliphatic carbocycles. The first-order valence-electron chi connectivity index (χ1n) is 3.89. The third-order valence-electron chi connectivity index (χ3n) is 1.46. The maximum atomic E-state index is 11.9. The predicted molar refractivity (Wildman–Crippen MR) is 54.4 cm³/mol. The van der Waals surface area contributed by atoms with E-state index in [9.17, 15) is 8.78 Å². The normalized spacial score (nSPS) is 9.87. The molecule has 0 amide bonds. The van der Waals surface area contributed by atoms with Gasteiger partial charge in [-0.2, -0.15) is 0 Å². The van der Waals surface area contributed by atoms with Crippen LogP contribution in [-0.2, 0) is 0 Å². The molecule has 0 unspecified atom stereocenters. The molecule has 0 spiro atoms. The molecule has 1 aromatic rings. The molecule has 0 bridgehead atoms. The topological polar surface area (TPSA) is 58.0 Å². The smallest absolute Gasteiger partial charge is 0.272 e. The molecule has 0 heterocycles. The molecule has 0 N–H and O–H groups in total. The highest BCUT2D eigenvalue weighted by Crippen LogP contribution is 2.34. The number of nitrogens with zero attached hydrogens (tertiary/aromatic N) is 3. The van der Waals surface area contributed by atoms with Crippen LogP contribution < -0.4 is 4.74 Å². The summed E-state index contributed by atoms with van der Waals surface area (Å²) in [4.78, 5) is 2.59. The highest BCUT2D eigenvalue weighted by atomic mass is 79.9. The lowest BCUT2D eigenvalue weighted by Crippen LogP contribution is -2.07. The number of alkyl halides is 2. The van der Waals surface area contributed by atoms with Gasteiger partial charge in [-0.1, -0.05) is 17.2 Å². The molecule has 4 nitrogen and oxygen atoms in total. The molecule has 0 aliphatic heterocycles. The Balaban J connectivity index is 2.89. The lowest BCUT2D eigenvalue weighted by Gasteiger charge is -2.08. The number of hydrogen-bond acceptors (Lipinski definition) is 2. The van der Waals surface area contributed by atoms with E-state index in [0.29, 0.717) is 10.2 Å². The molecule has 0 radical (unpaired) electrons. The van der Waals surface area contributed by atoms with Crippen molar-refractivity contribution in [3.63, 3.8) is 0 Å².